The van der Waals surface area contributed by atoms with E-state index in [1.54, 1.807) is 54.6 Å². The molecule has 164 valence electrons. The lowest BCUT2D eigenvalue weighted by molar-refractivity contribution is 0.0734. The Labute approximate surface area is 185 Å². The summed E-state index contributed by atoms with van der Waals surface area (Å²) in [6.45, 7) is 2.73. The van der Waals surface area contributed by atoms with Crippen LogP contribution in [0.5, 0.6) is 11.5 Å². The summed E-state index contributed by atoms with van der Waals surface area (Å²) >= 11 is 0. The Hall–Kier alpha value is -4.00. The molecule has 0 aliphatic rings. The van der Waals surface area contributed by atoms with Gasteiger partial charge in [-0.25, -0.2) is 14.6 Å². The summed E-state index contributed by atoms with van der Waals surface area (Å²) in [4.78, 5) is 24.2. The Morgan fingerprint density at radius 1 is 0.969 bits per heavy atom. The Morgan fingerprint density at radius 2 is 1.66 bits per heavy atom. The molecule has 0 spiro atoms. The first kappa shape index (κ1) is 22.7. The number of benzene rings is 3. The van der Waals surface area contributed by atoms with Gasteiger partial charge in [-0.3, -0.25) is 4.79 Å². The van der Waals surface area contributed by atoms with E-state index in [0.29, 0.717) is 29.2 Å². The van der Waals surface area contributed by atoms with Gasteiger partial charge in [-0.15, -0.1) is 0 Å². The molecule has 32 heavy (non-hydrogen) atoms. The summed E-state index contributed by atoms with van der Waals surface area (Å²) in [7, 11) is 0. The second-order valence-corrected chi connectivity index (χ2v) is 6.86. The van der Waals surface area contributed by atoms with Crippen molar-refractivity contribution in [2.45, 2.75) is 19.8 Å². The van der Waals surface area contributed by atoms with Crippen molar-refractivity contribution in [1.82, 2.24) is 5.43 Å². The molecule has 1 amide bonds. The Morgan fingerprint density at radius 3 is 2.34 bits per heavy atom. The van der Waals surface area contributed by atoms with E-state index in [9.17, 15) is 14.0 Å². The van der Waals surface area contributed by atoms with Crippen LogP contribution in [0.3, 0.4) is 0 Å². The van der Waals surface area contributed by atoms with Crippen LogP contribution in [-0.2, 0) is 0 Å². The minimum atomic E-state index is -0.647. The predicted octanol–water partition coefficient (Wildman–Crippen LogP) is 4.99. The van der Waals surface area contributed by atoms with Crippen LogP contribution in [0.1, 0.15) is 46.0 Å². The average Bonchev–Trinajstić information content (AvgIpc) is 2.81. The molecular weight excluding hydrogens is 411 g/mol. The fourth-order valence-corrected chi connectivity index (χ4v) is 2.68. The summed E-state index contributed by atoms with van der Waals surface area (Å²) in [6.07, 6.45) is 3.43. The molecule has 6 nitrogen and oxygen atoms in total. The normalized spacial score (nSPS) is 10.7. The second-order valence-electron chi connectivity index (χ2n) is 6.86. The van der Waals surface area contributed by atoms with Gasteiger partial charge in [0.05, 0.1) is 23.9 Å². The quantitative estimate of drug-likeness (QED) is 0.169. The van der Waals surface area contributed by atoms with Gasteiger partial charge in [0.25, 0.3) is 5.91 Å². The van der Waals surface area contributed by atoms with E-state index in [-0.39, 0.29) is 5.56 Å². The van der Waals surface area contributed by atoms with E-state index in [1.807, 2.05) is 0 Å². The van der Waals surface area contributed by atoms with Gasteiger partial charge < -0.3 is 9.47 Å². The minimum absolute atomic E-state index is 0.0903. The molecule has 0 saturated carbocycles. The molecular formula is C25H23FN2O4. The monoisotopic (exact) mass is 434 g/mol. The van der Waals surface area contributed by atoms with Gasteiger partial charge in [0, 0.05) is 0 Å². The molecule has 1 N–H and O–H groups in total. The molecule has 0 atom stereocenters. The molecule has 7 heteroatoms. The highest BCUT2D eigenvalue weighted by Crippen LogP contribution is 2.17. The number of halogens is 1. The molecule has 0 aliphatic heterocycles. The van der Waals surface area contributed by atoms with Crippen LogP contribution in [0.15, 0.2) is 77.9 Å². The van der Waals surface area contributed by atoms with Crippen molar-refractivity contribution in [2.24, 2.45) is 5.10 Å². The minimum Gasteiger partial charge on any atom is -0.494 e. The SMILES string of the molecule is CCCCOc1ccc(C(=O)Oc2ccc(/C=N\NC(=O)c3ccccc3F)cc2)cc1. The van der Waals surface area contributed by atoms with Crippen LogP contribution in [0, 0.1) is 5.82 Å². The molecule has 0 unspecified atom stereocenters. The number of nitrogens with one attached hydrogen (secondary N) is 1. The number of esters is 1. The Kier molecular flexibility index (Phi) is 8.09. The number of hydrogen-bond donors (Lipinski definition) is 1. The first-order valence-corrected chi connectivity index (χ1v) is 10.2. The third-order valence-electron chi connectivity index (χ3n) is 4.45. The molecule has 0 aromatic heterocycles. The highest BCUT2D eigenvalue weighted by Gasteiger charge is 2.10. The third-order valence-corrected chi connectivity index (χ3v) is 4.45. The summed E-state index contributed by atoms with van der Waals surface area (Å²) in [5.74, 6) is -0.674. The maximum atomic E-state index is 13.6. The smallest absolute Gasteiger partial charge is 0.343 e. The third kappa shape index (κ3) is 6.50. The summed E-state index contributed by atoms with van der Waals surface area (Å²) in [6, 6.07) is 19.0. The highest BCUT2D eigenvalue weighted by atomic mass is 19.1. The molecule has 0 aliphatic carbocycles. The molecule has 3 aromatic rings. The largest absolute Gasteiger partial charge is 0.494 e. The number of nitrogens with zero attached hydrogens (tertiary/aromatic N) is 1. The number of hydrogen-bond acceptors (Lipinski definition) is 5. The topological polar surface area (TPSA) is 77.0 Å². The molecule has 0 heterocycles. The number of rotatable bonds is 9. The first-order chi connectivity index (χ1) is 15.6. The zero-order valence-corrected chi connectivity index (χ0v) is 17.6. The van der Waals surface area contributed by atoms with Crippen molar-refractivity contribution in [1.29, 1.82) is 0 Å². The fraction of sp³-hybridized carbons (Fsp3) is 0.160. The lowest BCUT2D eigenvalue weighted by atomic mass is 10.2. The van der Waals surface area contributed by atoms with Gasteiger partial charge in [-0.2, -0.15) is 5.10 Å². The zero-order valence-electron chi connectivity index (χ0n) is 17.6. The van der Waals surface area contributed by atoms with Gasteiger partial charge in [0.1, 0.15) is 17.3 Å². The molecule has 3 aromatic carbocycles. The van der Waals surface area contributed by atoms with Crippen LogP contribution in [-0.4, -0.2) is 24.7 Å². The second kappa shape index (κ2) is 11.4. The van der Waals surface area contributed by atoms with Crippen molar-refractivity contribution < 1.29 is 23.5 Å². The van der Waals surface area contributed by atoms with Crippen LogP contribution in [0.25, 0.3) is 0 Å². The Balaban J connectivity index is 1.52. The summed E-state index contributed by atoms with van der Waals surface area (Å²) < 4.78 is 24.5. The van der Waals surface area contributed by atoms with Crippen molar-refractivity contribution >= 4 is 18.1 Å². The van der Waals surface area contributed by atoms with Crippen molar-refractivity contribution in [3.8, 4) is 11.5 Å². The predicted molar refractivity (Wildman–Crippen MR) is 120 cm³/mol. The number of carbonyl (C=O) groups excluding carboxylic acids is 2. The van der Waals surface area contributed by atoms with Crippen LogP contribution in [0.2, 0.25) is 0 Å². The fourth-order valence-electron chi connectivity index (χ4n) is 2.68. The van der Waals surface area contributed by atoms with Gasteiger partial charge in [-0.1, -0.05) is 25.5 Å². The standard InChI is InChI=1S/C25H23FN2O4/c1-2-3-16-31-20-14-10-19(11-15-20)25(30)32-21-12-8-18(9-13-21)17-27-28-24(29)22-6-4-5-7-23(22)26/h4-15,17H,2-3,16H2,1H3,(H,28,29)/b27-17-. The molecule has 0 fully saturated rings. The van der Waals surface area contributed by atoms with Gasteiger partial charge in [-0.05, 0) is 72.6 Å². The van der Waals surface area contributed by atoms with Crippen LogP contribution in [0.4, 0.5) is 4.39 Å². The van der Waals surface area contributed by atoms with E-state index in [2.05, 4.69) is 17.5 Å². The van der Waals surface area contributed by atoms with E-state index in [0.717, 1.165) is 12.8 Å². The number of ether oxygens (including phenoxy) is 2. The van der Waals surface area contributed by atoms with Crippen LogP contribution < -0.4 is 14.9 Å². The summed E-state index contributed by atoms with van der Waals surface area (Å²) in [5, 5.41) is 3.82. The van der Waals surface area contributed by atoms with E-state index in [1.165, 1.54) is 24.4 Å². The van der Waals surface area contributed by atoms with Gasteiger partial charge in [0.15, 0.2) is 0 Å². The zero-order chi connectivity index (χ0) is 22.8. The average molecular weight is 434 g/mol. The lowest BCUT2D eigenvalue weighted by Gasteiger charge is -2.07. The highest BCUT2D eigenvalue weighted by molar-refractivity contribution is 5.95. The lowest BCUT2D eigenvalue weighted by Crippen LogP contribution is -2.18. The number of amides is 1. The number of unbranched alkanes of at least 4 members (excludes halogenated alkanes) is 1. The van der Waals surface area contributed by atoms with E-state index >= 15 is 0 Å². The van der Waals surface area contributed by atoms with Gasteiger partial charge in [0.2, 0.25) is 0 Å². The maximum absolute atomic E-state index is 13.6. The van der Waals surface area contributed by atoms with E-state index < -0.39 is 17.7 Å². The number of hydrazone groups is 1. The maximum Gasteiger partial charge on any atom is 0.343 e. The molecule has 0 saturated heterocycles. The van der Waals surface area contributed by atoms with Gasteiger partial charge >= 0.3 is 5.97 Å². The molecule has 3 rings (SSSR count). The Bertz CT molecular complexity index is 1080. The van der Waals surface area contributed by atoms with Crippen molar-refractivity contribution in [2.75, 3.05) is 6.61 Å². The van der Waals surface area contributed by atoms with Crippen molar-refractivity contribution in [3.63, 3.8) is 0 Å². The first-order valence-electron chi connectivity index (χ1n) is 10.2. The van der Waals surface area contributed by atoms with Crippen molar-refractivity contribution in [3.05, 3.63) is 95.3 Å². The number of carbonyl (C=O) groups is 2. The summed E-state index contributed by atoms with van der Waals surface area (Å²) in [5.41, 5.74) is 3.25. The molecule has 0 bridgehead atoms. The molecule has 0 radical (unpaired) electrons. The van der Waals surface area contributed by atoms with Crippen LogP contribution >= 0.6 is 0 Å². The van der Waals surface area contributed by atoms with E-state index in [4.69, 9.17) is 9.47 Å².